The minimum atomic E-state index is -2.63. The quantitative estimate of drug-likeness (QED) is 0.160. The first-order valence-electron chi connectivity index (χ1n) is 20.0. The zero-order valence-electron chi connectivity index (χ0n) is 31.2. The van der Waals surface area contributed by atoms with E-state index in [1.807, 2.05) is 0 Å². The number of nitrogens with zero attached hydrogens (tertiary/aromatic N) is 1. The highest BCUT2D eigenvalue weighted by atomic mass is 28.3. The molecule has 0 atom stereocenters. The van der Waals surface area contributed by atoms with Crippen LogP contribution in [0.1, 0.15) is 22.3 Å². The van der Waals surface area contributed by atoms with E-state index in [0.29, 0.717) is 0 Å². The van der Waals surface area contributed by atoms with Crippen molar-refractivity contribution < 1.29 is 0 Å². The molecule has 13 rings (SSSR count). The smallest absolute Gasteiger partial charge is 0.182 e. The maximum atomic E-state index is 2.58. The Kier molecular flexibility index (Phi) is 6.18. The molecule has 57 heavy (non-hydrogen) atoms. The van der Waals surface area contributed by atoms with Gasteiger partial charge in [-0.05, 0) is 112 Å². The summed E-state index contributed by atoms with van der Waals surface area (Å²) in [5.74, 6) is 0. The van der Waals surface area contributed by atoms with Gasteiger partial charge in [-0.3, -0.25) is 0 Å². The Balaban J connectivity index is 1.11. The van der Waals surface area contributed by atoms with E-state index < -0.39 is 13.5 Å². The molecule has 0 unspecified atom stereocenters. The molecule has 9 aromatic rings. The molecule has 2 heteroatoms. The molecule has 2 spiro atoms. The van der Waals surface area contributed by atoms with Gasteiger partial charge in [0.05, 0.1) is 16.8 Å². The molecule has 0 N–H and O–H groups in total. The van der Waals surface area contributed by atoms with Crippen LogP contribution in [0.5, 0.6) is 0 Å². The maximum absolute atomic E-state index is 2.63. The first kappa shape index (κ1) is 31.2. The van der Waals surface area contributed by atoms with E-state index in [-0.39, 0.29) is 0 Å². The van der Waals surface area contributed by atoms with E-state index in [1.165, 1.54) is 105 Å². The van der Waals surface area contributed by atoms with Crippen LogP contribution in [0, 0.1) is 0 Å². The summed E-state index contributed by atoms with van der Waals surface area (Å²) < 4.78 is 0. The van der Waals surface area contributed by atoms with Gasteiger partial charge in [-0.25, -0.2) is 0 Å². The Morgan fingerprint density at radius 3 is 1.39 bits per heavy atom. The van der Waals surface area contributed by atoms with Crippen LogP contribution in [0.2, 0.25) is 0 Å². The molecule has 9 aromatic carbocycles. The third kappa shape index (κ3) is 3.74. The summed E-state index contributed by atoms with van der Waals surface area (Å²) in [5.41, 5.74) is 19.1. The van der Waals surface area contributed by atoms with Crippen molar-refractivity contribution >= 4 is 45.9 Å². The summed E-state index contributed by atoms with van der Waals surface area (Å²) in [4.78, 5) is 2.57. The lowest BCUT2D eigenvalue weighted by Gasteiger charge is -2.45. The van der Waals surface area contributed by atoms with Gasteiger partial charge >= 0.3 is 0 Å². The van der Waals surface area contributed by atoms with E-state index >= 15 is 0 Å². The molecule has 0 saturated heterocycles. The molecule has 0 fully saturated rings. The second-order valence-electron chi connectivity index (χ2n) is 15.9. The first-order chi connectivity index (χ1) is 28.3. The fourth-order valence-electron chi connectivity index (χ4n) is 11.5. The van der Waals surface area contributed by atoms with Gasteiger partial charge in [-0.15, -0.1) is 0 Å². The molecule has 0 amide bonds. The summed E-state index contributed by atoms with van der Waals surface area (Å²) in [5, 5.41) is 5.98. The second kappa shape index (κ2) is 11.3. The highest BCUT2D eigenvalue weighted by Crippen LogP contribution is 2.65. The number of hydrogen-bond acceptors (Lipinski definition) is 1. The van der Waals surface area contributed by atoms with Gasteiger partial charge in [-0.2, -0.15) is 0 Å². The molecular weight excluding hydrogens is 703 g/mol. The van der Waals surface area contributed by atoms with E-state index in [2.05, 4.69) is 217 Å². The van der Waals surface area contributed by atoms with Crippen molar-refractivity contribution in [1.29, 1.82) is 0 Å². The molecule has 1 nitrogen and oxygen atoms in total. The highest BCUT2D eigenvalue weighted by molar-refractivity contribution is 7.24. The van der Waals surface area contributed by atoms with Gasteiger partial charge in [0.1, 0.15) is 0 Å². The lowest BCUT2D eigenvalue weighted by Crippen LogP contribution is -2.70. The van der Waals surface area contributed by atoms with Crippen LogP contribution in [0.3, 0.4) is 0 Å². The normalized spacial score (nSPS) is 14.9. The van der Waals surface area contributed by atoms with Crippen molar-refractivity contribution in [2.24, 2.45) is 0 Å². The summed E-state index contributed by atoms with van der Waals surface area (Å²) in [6, 6.07) is 80.6. The summed E-state index contributed by atoms with van der Waals surface area (Å²) >= 11 is 0. The minimum absolute atomic E-state index is 0.520. The zero-order valence-corrected chi connectivity index (χ0v) is 32.2. The fourth-order valence-corrected chi connectivity index (χ4v) is 17.2. The van der Waals surface area contributed by atoms with Crippen molar-refractivity contribution in [3.8, 4) is 44.5 Å². The van der Waals surface area contributed by atoms with Crippen LogP contribution < -0.4 is 25.6 Å². The fraction of sp³-hybridized carbons (Fsp3) is 0.0182. The van der Waals surface area contributed by atoms with E-state index in [1.54, 1.807) is 0 Å². The van der Waals surface area contributed by atoms with Crippen molar-refractivity contribution in [1.82, 2.24) is 0 Å². The van der Waals surface area contributed by atoms with E-state index in [9.17, 15) is 0 Å². The Hall–Kier alpha value is -7.00. The lowest BCUT2D eigenvalue weighted by atomic mass is 9.63. The predicted octanol–water partition coefficient (Wildman–Crippen LogP) is 10.8. The monoisotopic (exact) mass is 737 g/mol. The number of hydrogen-bond donors (Lipinski definition) is 0. The Bertz CT molecular complexity index is 3050. The number of benzene rings is 9. The molecule has 3 heterocycles. The van der Waals surface area contributed by atoms with E-state index in [0.717, 1.165) is 0 Å². The van der Waals surface area contributed by atoms with Gasteiger partial charge in [0.2, 0.25) is 0 Å². The maximum Gasteiger partial charge on any atom is 0.182 e. The van der Waals surface area contributed by atoms with Crippen molar-refractivity contribution in [3.63, 3.8) is 0 Å². The third-order valence-corrected chi connectivity index (χ3v) is 18.4. The van der Waals surface area contributed by atoms with Crippen LogP contribution >= 0.6 is 0 Å². The minimum Gasteiger partial charge on any atom is -0.310 e. The van der Waals surface area contributed by atoms with Crippen molar-refractivity contribution in [2.45, 2.75) is 5.41 Å². The van der Waals surface area contributed by atoms with E-state index in [4.69, 9.17) is 0 Å². The average Bonchev–Trinajstić information content (AvgIpc) is 3.87. The van der Waals surface area contributed by atoms with Crippen LogP contribution in [-0.2, 0) is 5.41 Å². The van der Waals surface area contributed by atoms with Gasteiger partial charge < -0.3 is 4.90 Å². The molecule has 4 aliphatic rings. The molecule has 264 valence electrons. The number of anilines is 3. The third-order valence-electron chi connectivity index (χ3n) is 13.5. The molecule has 3 aliphatic heterocycles. The molecule has 1 aliphatic carbocycles. The topological polar surface area (TPSA) is 3.24 Å². The van der Waals surface area contributed by atoms with Crippen molar-refractivity contribution in [3.05, 3.63) is 235 Å². The molecule has 0 bridgehead atoms. The van der Waals surface area contributed by atoms with Crippen LogP contribution in [-0.4, -0.2) is 8.07 Å². The largest absolute Gasteiger partial charge is 0.310 e. The number of fused-ring (bicyclic) bond motifs is 19. The van der Waals surface area contributed by atoms with Gasteiger partial charge in [-0.1, -0.05) is 188 Å². The Morgan fingerprint density at radius 1 is 0.316 bits per heavy atom. The Morgan fingerprint density at radius 2 is 0.772 bits per heavy atom. The van der Waals surface area contributed by atoms with Gasteiger partial charge in [0, 0.05) is 5.69 Å². The Labute approximate surface area is 333 Å². The van der Waals surface area contributed by atoms with Crippen LogP contribution in [0.25, 0.3) is 44.5 Å². The average molecular weight is 738 g/mol. The lowest BCUT2D eigenvalue weighted by molar-refractivity contribution is 0.754. The van der Waals surface area contributed by atoms with Crippen LogP contribution in [0.4, 0.5) is 17.1 Å². The van der Waals surface area contributed by atoms with Gasteiger partial charge in [0.25, 0.3) is 0 Å². The summed E-state index contributed by atoms with van der Waals surface area (Å²) in [6.45, 7) is 0. The summed E-state index contributed by atoms with van der Waals surface area (Å²) in [6.07, 6.45) is 0. The standard InChI is InChI=1S/C55H35NSi/c1-2-17-36(18-3-1)38-23-16-24-44-39-19-4-8-25-45(39)55(54(38)44)46-26-9-11-28-48(46)56(49-29-12-10-27-47(49)55)37-33-34-43-42-22-7-15-32-52(42)57(53(43)35-37)50-30-13-5-20-40(50)41-21-6-14-31-51(41)57/h1-35H. The van der Waals surface area contributed by atoms with Crippen LogP contribution in [0.15, 0.2) is 212 Å². The highest BCUT2D eigenvalue weighted by Gasteiger charge is 2.55. The predicted molar refractivity (Wildman–Crippen MR) is 239 cm³/mol. The molecule has 0 aromatic heterocycles. The molecular formula is C55H35NSi. The van der Waals surface area contributed by atoms with Crippen molar-refractivity contribution in [2.75, 3.05) is 4.90 Å². The zero-order chi connectivity index (χ0) is 37.3. The summed E-state index contributed by atoms with van der Waals surface area (Å²) in [7, 11) is -2.63. The number of para-hydroxylation sites is 2. The first-order valence-corrected chi connectivity index (χ1v) is 22.0. The SMILES string of the molecule is c1ccc(-c2cccc3c2C2(c4ccccc4-3)c3ccccc3N(c3ccc4c(c3)[Si]3(c5ccccc5-c5ccccc53)c3ccccc3-4)c3ccccc32)cc1. The number of rotatable bonds is 2. The second-order valence-corrected chi connectivity index (χ2v) is 19.5. The van der Waals surface area contributed by atoms with Gasteiger partial charge in [0.15, 0.2) is 8.07 Å². The molecule has 0 saturated carbocycles. The molecule has 0 radical (unpaired) electrons.